The van der Waals surface area contributed by atoms with Crippen molar-refractivity contribution in [2.75, 3.05) is 6.54 Å². The minimum absolute atomic E-state index is 0.0121. The summed E-state index contributed by atoms with van der Waals surface area (Å²) >= 11 is 0. The van der Waals surface area contributed by atoms with E-state index in [-0.39, 0.29) is 11.8 Å². The van der Waals surface area contributed by atoms with Crippen molar-refractivity contribution in [1.29, 1.82) is 0 Å². The van der Waals surface area contributed by atoms with Crippen LogP contribution in [0, 0.1) is 5.92 Å². The van der Waals surface area contributed by atoms with E-state index in [1.54, 1.807) is 11.8 Å². The average Bonchev–Trinajstić information content (AvgIpc) is 3.00. The summed E-state index contributed by atoms with van der Waals surface area (Å²) in [5, 5.41) is 9.32. The average molecular weight is 211 g/mol. The van der Waals surface area contributed by atoms with Gasteiger partial charge in [0.25, 0.3) is 0 Å². The van der Waals surface area contributed by atoms with Crippen LogP contribution in [0.15, 0.2) is 0 Å². The highest BCUT2D eigenvalue weighted by Crippen LogP contribution is 2.44. The summed E-state index contributed by atoms with van der Waals surface area (Å²) in [5.41, 5.74) is -0.947. The minimum Gasteiger partial charge on any atom is -0.479 e. The lowest BCUT2D eigenvalue weighted by Crippen LogP contribution is -2.58. The molecule has 1 unspecified atom stereocenters. The second kappa shape index (κ2) is 3.51. The first-order valence-corrected chi connectivity index (χ1v) is 5.60. The van der Waals surface area contributed by atoms with Crippen molar-refractivity contribution in [2.24, 2.45) is 5.92 Å². The third kappa shape index (κ3) is 1.62. The van der Waals surface area contributed by atoms with Crippen LogP contribution in [0.25, 0.3) is 0 Å². The van der Waals surface area contributed by atoms with Crippen molar-refractivity contribution in [1.82, 2.24) is 4.90 Å². The van der Waals surface area contributed by atoms with Gasteiger partial charge in [-0.1, -0.05) is 0 Å². The fourth-order valence-corrected chi connectivity index (χ4v) is 2.45. The van der Waals surface area contributed by atoms with E-state index in [4.69, 9.17) is 0 Å². The van der Waals surface area contributed by atoms with Crippen molar-refractivity contribution in [3.8, 4) is 0 Å². The molecule has 84 valence electrons. The Morgan fingerprint density at radius 3 is 2.60 bits per heavy atom. The zero-order valence-corrected chi connectivity index (χ0v) is 9.03. The summed E-state index contributed by atoms with van der Waals surface area (Å²) in [6, 6.07) is 0. The van der Waals surface area contributed by atoms with E-state index in [0.717, 1.165) is 25.7 Å². The number of nitrogens with zero attached hydrogens (tertiary/aromatic N) is 1. The first-order valence-electron chi connectivity index (χ1n) is 5.60. The Bertz CT molecular complexity index is 298. The molecule has 0 bridgehead atoms. The van der Waals surface area contributed by atoms with E-state index in [9.17, 15) is 14.7 Å². The topological polar surface area (TPSA) is 57.6 Å². The predicted molar refractivity (Wildman–Crippen MR) is 54.3 cm³/mol. The number of amides is 1. The Hall–Kier alpha value is -1.06. The van der Waals surface area contributed by atoms with Crippen LogP contribution in [-0.2, 0) is 9.59 Å². The molecule has 0 spiro atoms. The molecule has 4 nitrogen and oxygen atoms in total. The number of rotatable bonds is 3. The van der Waals surface area contributed by atoms with Gasteiger partial charge in [-0.3, -0.25) is 4.79 Å². The first-order chi connectivity index (χ1) is 7.06. The highest BCUT2D eigenvalue weighted by molar-refractivity contribution is 5.87. The number of hydrogen-bond acceptors (Lipinski definition) is 2. The van der Waals surface area contributed by atoms with Crippen LogP contribution < -0.4 is 0 Å². The number of aliphatic carboxylic acids is 1. The van der Waals surface area contributed by atoms with E-state index in [1.165, 1.54) is 0 Å². The molecule has 0 aromatic carbocycles. The summed E-state index contributed by atoms with van der Waals surface area (Å²) in [4.78, 5) is 24.7. The summed E-state index contributed by atoms with van der Waals surface area (Å²) in [6.07, 6.45) is 4.21. The van der Waals surface area contributed by atoms with Crippen molar-refractivity contribution < 1.29 is 14.7 Å². The second-order valence-corrected chi connectivity index (χ2v) is 4.73. The van der Waals surface area contributed by atoms with Crippen molar-refractivity contribution in [2.45, 2.75) is 44.6 Å². The molecule has 1 saturated carbocycles. The third-order valence-corrected chi connectivity index (χ3v) is 3.69. The number of hydrogen-bond donors (Lipinski definition) is 1. The zero-order valence-electron chi connectivity index (χ0n) is 9.03. The molecule has 1 saturated heterocycles. The van der Waals surface area contributed by atoms with Crippen LogP contribution in [0.3, 0.4) is 0 Å². The Morgan fingerprint density at radius 2 is 2.13 bits per heavy atom. The van der Waals surface area contributed by atoms with Gasteiger partial charge >= 0.3 is 5.97 Å². The van der Waals surface area contributed by atoms with Gasteiger partial charge in [0.15, 0.2) is 0 Å². The molecule has 2 fully saturated rings. The van der Waals surface area contributed by atoms with Gasteiger partial charge in [-0.25, -0.2) is 4.79 Å². The molecule has 0 aromatic heterocycles. The van der Waals surface area contributed by atoms with Crippen LogP contribution in [0.5, 0.6) is 0 Å². The molecule has 1 atom stereocenters. The van der Waals surface area contributed by atoms with Crippen LogP contribution in [0.1, 0.15) is 39.0 Å². The Labute approximate surface area is 89.3 Å². The minimum atomic E-state index is -0.947. The zero-order chi connectivity index (χ0) is 11.1. The Kier molecular flexibility index (Phi) is 2.44. The fraction of sp³-hybridized carbons (Fsp3) is 0.818. The van der Waals surface area contributed by atoms with E-state index in [2.05, 4.69) is 0 Å². The van der Waals surface area contributed by atoms with E-state index >= 15 is 0 Å². The first kappa shape index (κ1) is 10.5. The Morgan fingerprint density at radius 1 is 1.47 bits per heavy atom. The lowest BCUT2D eigenvalue weighted by molar-refractivity contribution is -0.161. The summed E-state index contributed by atoms with van der Waals surface area (Å²) < 4.78 is 0. The molecule has 1 amide bonds. The Balaban J connectivity index is 2.23. The van der Waals surface area contributed by atoms with Crippen molar-refractivity contribution in [3.63, 3.8) is 0 Å². The van der Waals surface area contributed by atoms with Crippen LogP contribution in [0.4, 0.5) is 0 Å². The quantitative estimate of drug-likeness (QED) is 0.764. The molecule has 4 heteroatoms. The van der Waals surface area contributed by atoms with Crippen LogP contribution in [0.2, 0.25) is 0 Å². The van der Waals surface area contributed by atoms with Gasteiger partial charge in [0, 0.05) is 13.0 Å². The smallest absolute Gasteiger partial charge is 0.329 e. The predicted octanol–water partition coefficient (Wildman–Crippen LogP) is 1.25. The second-order valence-electron chi connectivity index (χ2n) is 4.73. The molecule has 0 radical (unpaired) electrons. The summed E-state index contributed by atoms with van der Waals surface area (Å²) in [7, 11) is 0. The maximum Gasteiger partial charge on any atom is 0.329 e. The molecule has 15 heavy (non-hydrogen) atoms. The fourth-order valence-electron chi connectivity index (χ4n) is 2.45. The lowest BCUT2D eigenvalue weighted by atomic mass is 9.91. The molecule has 1 aliphatic carbocycles. The van der Waals surface area contributed by atoms with Crippen LogP contribution >= 0.6 is 0 Å². The molecule has 1 N–H and O–H groups in total. The molecule has 1 heterocycles. The molecular formula is C11H17NO3. The monoisotopic (exact) mass is 211 g/mol. The number of likely N-dealkylation sites (tertiary alicyclic amines) is 1. The van der Waals surface area contributed by atoms with Gasteiger partial charge in [0.2, 0.25) is 5.91 Å². The standard InChI is InChI=1S/C11H17NO3/c1-11(10(14)15,8-5-6-8)12-7-3-2-4-9(12)13/h8H,2-7H2,1H3,(H,14,15). The van der Waals surface area contributed by atoms with Gasteiger partial charge in [-0.15, -0.1) is 0 Å². The number of piperidine rings is 1. The SMILES string of the molecule is CC(C(=O)O)(C1CC1)N1CCCCC1=O. The van der Waals surface area contributed by atoms with Gasteiger partial charge in [0.1, 0.15) is 5.54 Å². The molecule has 2 rings (SSSR count). The van der Waals surface area contributed by atoms with Gasteiger partial charge in [-0.2, -0.15) is 0 Å². The summed E-state index contributed by atoms with van der Waals surface area (Å²) in [5.74, 6) is -0.671. The van der Waals surface area contributed by atoms with E-state index < -0.39 is 11.5 Å². The maximum atomic E-state index is 11.7. The molecule has 2 aliphatic rings. The van der Waals surface area contributed by atoms with Crippen molar-refractivity contribution >= 4 is 11.9 Å². The highest BCUT2D eigenvalue weighted by Gasteiger charge is 2.53. The summed E-state index contributed by atoms with van der Waals surface area (Å²) in [6.45, 7) is 2.31. The van der Waals surface area contributed by atoms with Gasteiger partial charge < -0.3 is 10.0 Å². The van der Waals surface area contributed by atoms with E-state index in [0.29, 0.717) is 13.0 Å². The van der Waals surface area contributed by atoms with Crippen molar-refractivity contribution in [3.05, 3.63) is 0 Å². The van der Waals surface area contributed by atoms with Gasteiger partial charge in [-0.05, 0) is 38.5 Å². The van der Waals surface area contributed by atoms with E-state index in [1.807, 2.05) is 0 Å². The third-order valence-electron chi connectivity index (χ3n) is 3.69. The lowest BCUT2D eigenvalue weighted by Gasteiger charge is -2.40. The molecular weight excluding hydrogens is 194 g/mol. The number of carbonyl (C=O) groups is 2. The molecule has 1 aliphatic heterocycles. The maximum absolute atomic E-state index is 11.7. The van der Waals surface area contributed by atoms with Crippen LogP contribution in [-0.4, -0.2) is 34.0 Å². The normalized spacial score (nSPS) is 26.2. The number of carboxylic acids is 1. The number of carbonyl (C=O) groups excluding carboxylic acids is 1. The van der Waals surface area contributed by atoms with Gasteiger partial charge in [0.05, 0.1) is 0 Å². The molecule has 0 aromatic rings. The number of carboxylic acid groups (broad SMARTS) is 1. The largest absolute Gasteiger partial charge is 0.479 e. The highest BCUT2D eigenvalue weighted by atomic mass is 16.4.